The SMILES string of the molecule is CCCOC(=O)c1ccc(NC(=O)[C@H](C)N2C(=O)c3cccc([N+](=O)[O-])c3C2=O)cc1. The second-order valence-corrected chi connectivity index (χ2v) is 6.82. The van der Waals surface area contributed by atoms with Crippen molar-refractivity contribution in [2.24, 2.45) is 0 Å². The summed E-state index contributed by atoms with van der Waals surface area (Å²) in [4.78, 5) is 61.0. The highest BCUT2D eigenvalue weighted by atomic mass is 16.6. The molecule has 1 atom stereocenters. The molecule has 0 saturated heterocycles. The first-order chi connectivity index (χ1) is 14.8. The summed E-state index contributed by atoms with van der Waals surface area (Å²) in [5.74, 6) is -2.83. The van der Waals surface area contributed by atoms with E-state index in [2.05, 4.69) is 5.32 Å². The topological polar surface area (TPSA) is 136 Å². The Morgan fingerprint density at radius 1 is 1.13 bits per heavy atom. The van der Waals surface area contributed by atoms with Gasteiger partial charge in [0, 0.05) is 11.8 Å². The summed E-state index contributed by atoms with van der Waals surface area (Å²) in [6.07, 6.45) is 0.693. The van der Waals surface area contributed by atoms with Gasteiger partial charge in [0.2, 0.25) is 5.91 Å². The summed E-state index contributed by atoms with van der Waals surface area (Å²) in [7, 11) is 0. The lowest BCUT2D eigenvalue weighted by Crippen LogP contribution is -2.45. The van der Waals surface area contributed by atoms with E-state index in [1.54, 1.807) is 0 Å². The highest BCUT2D eigenvalue weighted by molar-refractivity contribution is 6.24. The summed E-state index contributed by atoms with van der Waals surface area (Å²) in [5.41, 5.74) is -0.281. The lowest BCUT2D eigenvalue weighted by Gasteiger charge is -2.21. The van der Waals surface area contributed by atoms with E-state index in [0.717, 1.165) is 6.07 Å². The van der Waals surface area contributed by atoms with E-state index in [4.69, 9.17) is 4.74 Å². The van der Waals surface area contributed by atoms with Gasteiger partial charge in [-0.25, -0.2) is 4.79 Å². The molecule has 10 nitrogen and oxygen atoms in total. The van der Waals surface area contributed by atoms with Gasteiger partial charge < -0.3 is 10.1 Å². The number of amides is 3. The van der Waals surface area contributed by atoms with Crippen LogP contribution in [-0.2, 0) is 9.53 Å². The van der Waals surface area contributed by atoms with E-state index in [1.807, 2.05) is 6.92 Å². The number of esters is 1. The number of nitrogens with one attached hydrogen (secondary N) is 1. The Kier molecular flexibility index (Phi) is 6.10. The third-order valence-electron chi connectivity index (χ3n) is 4.71. The lowest BCUT2D eigenvalue weighted by molar-refractivity contribution is -0.385. The number of fused-ring (bicyclic) bond motifs is 1. The van der Waals surface area contributed by atoms with Crippen molar-refractivity contribution in [2.45, 2.75) is 26.3 Å². The summed E-state index contributed by atoms with van der Waals surface area (Å²) < 4.78 is 5.03. The standard InChI is InChI=1S/C21H19N3O7/c1-3-11-31-21(28)13-7-9-14(10-8-13)22-18(25)12(2)23-19(26)15-5-4-6-16(24(29)30)17(15)20(23)27/h4-10,12H,3,11H2,1-2H3,(H,22,25)/t12-/m0/s1. The van der Waals surface area contributed by atoms with Crippen LogP contribution in [0.1, 0.15) is 51.3 Å². The molecule has 0 radical (unpaired) electrons. The number of imide groups is 1. The first kappa shape index (κ1) is 21.6. The number of hydrogen-bond donors (Lipinski definition) is 1. The fourth-order valence-electron chi connectivity index (χ4n) is 3.12. The van der Waals surface area contributed by atoms with Crippen molar-refractivity contribution in [3.8, 4) is 0 Å². The lowest BCUT2D eigenvalue weighted by atomic mass is 10.1. The van der Waals surface area contributed by atoms with Crippen LogP contribution in [0.5, 0.6) is 0 Å². The zero-order chi connectivity index (χ0) is 22.7. The van der Waals surface area contributed by atoms with E-state index in [9.17, 15) is 29.3 Å². The third-order valence-corrected chi connectivity index (χ3v) is 4.71. The zero-order valence-electron chi connectivity index (χ0n) is 16.8. The maximum Gasteiger partial charge on any atom is 0.338 e. The van der Waals surface area contributed by atoms with E-state index >= 15 is 0 Å². The first-order valence-electron chi connectivity index (χ1n) is 9.49. The van der Waals surface area contributed by atoms with Crippen LogP contribution in [0.2, 0.25) is 0 Å². The van der Waals surface area contributed by atoms with Crippen LogP contribution < -0.4 is 5.32 Å². The van der Waals surface area contributed by atoms with Crippen LogP contribution in [0, 0.1) is 10.1 Å². The second kappa shape index (κ2) is 8.74. The molecule has 0 unspecified atom stereocenters. The maximum atomic E-state index is 12.7. The number of anilines is 1. The average Bonchev–Trinajstić information content (AvgIpc) is 3.02. The highest BCUT2D eigenvalue weighted by Gasteiger charge is 2.44. The van der Waals surface area contributed by atoms with Gasteiger partial charge >= 0.3 is 5.97 Å². The number of nitrogens with zero attached hydrogens (tertiary/aromatic N) is 2. The number of nitro benzene ring substituents is 1. The average molecular weight is 425 g/mol. The smallest absolute Gasteiger partial charge is 0.338 e. The van der Waals surface area contributed by atoms with Crippen molar-refractivity contribution < 1.29 is 28.8 Å². The molecule has 0 aromatic heterocycles. The van der Waals surface area contributed by atoms with Crippen LogP contribution >= 0.6 is 0 Å². The molecule has 0 fully saturated rings. The monoisotopic (exact) mass is 425 g/mol. The van der Waals surface area contributed by atoms with Crippen LogP contribution in [0.25, 0.3) is 0 Å². The van der Waals surface area contributed by atoms with E-state index in [1.165, 1.54) is 43.3 Å². The molecular formula is C21H19N3O7. The van der Waals surface area contributed by atoms with Gasteiger partial charge in [-0.15, -0.1) is 0 Å². The molecule has 1 aliphatic heterocycles. The largest absolute Gasteiger partial charge is 0.462 e. The fourth-order valence-corrected chi connectivity index (χ4v) is 3.12. The third kappa shape index (κ3) is 4.13. The number of benzene rings is 2. The molecule has 10 heteroatoms. The summed E-state index contributed by atoms with van der Waals surface area (Å²) in [5, 5.41) is 13.8. The van der Waals surface area contributed by atoms with Crippen LogP contribution in [-0.4, -0.2) is 46.2 Å². The van der Waals surface area contributed by atoms with Gasteiger partial charge in [0.25, 0.3) is 17.5 Å². The Hall–Kier alpha value is -4.08. The van der Waals surface area contributed by atoms with Gasteiger partial charge in [-0.2, -0.15) is 0 Å². The highest BCUT2D eigenvalue weighted by Crippen LogP contribution is 2.32. The van der Waals surface area contributed by atoms with Gasteiger partial charge in [-0.3, -0.25) is 29.4 Å². The van der Waals surface area contributed by atoms with Crippen molar-refractivity contribution in [2.75, 3.05) is 11.9 Å². The second-order valence-electron chi connectivity index (χ2n) is 6.82. The van der Waals surface area contributed by atoms with Gasteiger partial charge in [-0.1, -0.05) is 13.0 Å². The van der Waals surface area contributed by atoms with Gasteiger partial charge in [-0.05, 0) is 43.7 Å². The predicted octanol–water partition coefficient (Wildman–Crippen LogP) is 2.78. The van der Waals surface area contributed by atoms with Crippen molar-refractivity contribution in [1.82, 2.24) is 4.90 Å². The Morgan fingerprint density at radius 2 is 1.81 bits per heavy atom. The zero-order valence-corrected chi connectivity index (χ0v) is 16.8. The van der Waals surface area contributed by atoms with E-state index in [-0.39, 0.29) is 11.1 Å². The predicted molar refractivity (Wildman–Crippen MR) is 109 cm³/mol. The molecule has 0 saturated carbocycles. The number of rotatable bonds is 7. The molecule has 31 heavy (non-hydrogen) atoms. The quantitative estimate of drug-likeness (QED) is 0.312. The van der Waals surface area contributed by atoms with Gasteiger partial charge in [0.15, 0.2) is 0 Å². The van der Waals surface area contributed by atoms with Gasteiger partial charge in [0.05, 0.1) is 22.7 Å². The Balaban J connectivity index is 1.74. The van der Waals surface area contributed by atoms with E-state index < -0.39 is 40.3 Å². The van der Waals surface area contributed by atoms with Crippen LogP contribution in [0.4, 0.5) is 11.4 Å². The molecule has 2 aromatic rings. The normalized spacial score (nSPS) is 13.5. The molecule has 2 aromatic carbocycles. The Morgan fingerprint density at radius 3 is 2.42 bits per heavy atom. The maximum absolute atomic E-state index is 12.7. The minimum absolute atomic E-state index is 0.117. The van der Waals surface area contributed by atoms with E-state index in [0.29, 0.717) is 29.2 Å². The number of ether oxygens (including phenoxy) is 1. The van der Waals surface area contributed by atoms with Crippen molar-refractivity contribution in [3.63, 3.8) is 0 Å². The number of carbonyl (C=O) groups excluding carboxylic acids is 4. The number of nitro groups is 1. The first-order valence-corrected chi connectivity index (χ1v) is 9.49. The summed E-state index contributed by atoms with van der Waals surface area (Å²) in [6.45, 7) is 3.52. The molecule has 160 valence electrons. The van der Waals surface area contributed by atoms with Crippen molar-refractivity contribution >= 4 is 35.1 Å². The summed E-state index contributed by atoms with van der Waals surface area (Å²) >= 11 is 0. The van der Waals surface area contributed by atoms with Crippen molar-refractivity contribution in [3.05, 3.63) is 69.3 Å². The van der Waals surface area contributed by atoms with Crippen molar-refractivity contribution in [1.29, 1.82) is 0 Å². The minimum Gasteiger partial charge on any atom is -0.462 e. The van der Waals surface area contributed by atoms with Crippen LogP contribution in [0.3, 0.4) is 0 Å². The molecule has 3 rings (SSSR count). The number of carbonyl (C=O) groups is 4. The molecule has 0 bridgehead atoms. The Labute approximate surface area is 176 Å². The van der Waals surface area contributed by atoms with Gasteiger partial charge in [0.1, 0.15) is 11.6 Å². The Bertz CT molecular complexity index is 1080. The molecule has 1 aliphatic rings. The summed E-state index contributed by atoms with van der Waals surface area (Å²) in [6, 6.07) is 8.45. The molecule has 0 spiro atoms. The molecule has 0 aliphatic carbocycles. The molecule has 3 amide bonds. The molecular weight excluding hydrogens is 406 g/mol. The minimum atomic E-state index is -1.22. The van der Waals surface area contributed by atoms with Crippen LogP contribution in [0.15, 0.2) is 42.5 Å². The fraction of sp³-hybridized carbons (Fsp3) is 0.238. The molecule has 1 N–H and O–H groups in total. The number of hydrogen-bond acceptors (Lipinski definition) is 7. The molecule has 1 heterocycles.